The summed E-state index contributed by atoms with van der Waals surface area (Å²) in [6.07, 6.45) is 3.49. The van der Waals surface area contributed by atoms with Gasteiger partial charge in [0.05, 0.1) is 5.75 Å². The molecule has 1 aliphatic rings. The molecule has 3 N–H and O–H groups in total. The number of hydrogen-bond donors (Lipinski definition) is 3. The number of aryl methyl sites for hydroxylation is 2. The van der Waals surface area contributed by atoms with E-state index in [0.29, 0.717) is 31.5 Å². The third-order valence-electron chi connectivity index (χ3n) is 4.65. The molecular weight excluding hydrogens is 463 g/mol. The quantitative estimate of drug-likeness (QED) is 0.294. The van der Waals surface area contributed by atoms with Crippen LogP contribution in [0.5, 0.6) is 0 Å². The maximum atomic E-state index is 12.0. The lowest BCUT2D eigenvalue weighted by Crippen LogP contribution is -2.41. The van der Waals surface area contributed by atoms with Gasteiger partial charge < -0.3 is 10.6 Å². The average molecular weight is 494 g/mol. The van der Waals surface area contributed by atoms with Gasteiger partial charge in [-0.3, -0.25) is 4.99 Å². The molecule has 148 valence electrons. The zero-order valence-electron chi connectivity index (χ0n) is 15.8. The van der Waals surface area contributed by atoms with Crippen molar-refractivity contribution in [2.24, 2.45) is 10.9 Å². The molecule has 2 rings (SSSR count). The zero-order valence-corrected chi connectivity index (χ0v) is 19.0. The Hall–Kier alpha value is -0.870. The lowest BCUT2D eigenvalue weighted by Gasteiger charge is -2.25. The molecule has 0 aromatic heterocycles. The maximum absolute atomic E-state index is 12.0. The third kappa shape index (κ3) is 7.79. The summed E-state index contributed by atoms with van der Waals surface area (Å²) >= 11 is 0. The summed E-state index contributed by atoms with van der Waals surface area (Å²) in [6.45, 7) is 5.71. The third-order valence-corrected chi connectivity index (χ3v) is 6.00. The monoisotopic (exact) mass is 494 g/mol. The van der Waals surface area contributed by atoms with Gasteiger partial charge in [0, 0.05) is 26.7 Å². The number of nitrogens with one attached hydrogen (secondary N) is 3. The molecule has 1 fully saturated rings. The van der Waals surface area contributed by atoms with Crippen LogP contribution in [0.2, 0.25) is 0 Å². The molecule has 26 heavy (non-hydrogen) atoms. The van der Waals surface area contributed by atoms with Crippen LogP contribution in [0.25, 0.3) is 0 Å². The van der Waals surface area contributed by atoms with Crippen molar-refractivity contribution in [3.63, 3.8) is 0 Å². The second-order valence-electron chi connectivity index (χ2n) is 6.75. The van der Waals surface area contributed by atoms with Crippen molar-refractivity contribution in [1.29, 1.82) is 0 Å². The maximum Gasteiger partial charge on any atom is 0.213 e. The Labute approximate surface area is 174 Å². The smallest absolute Gasteiger partial charge is 0.213 e. The van der Waals surface area contributed by atoms with Gasteiger partial charge in [-0.05, 0) is 43.7 Å². The van der Waals surface area contributed by atoms with Crippen LogP contribution < -0.4 is 15.4 Å². The molecular formula is C18H31IN4O2S. The number of nitrogens with zero attached hydrogens (tertiary/aromatic N) is 1. The molecule has 8 heteroatoms. The molecule has 0 radical (unpaired) electrons. The van der Waals surface area contributed by atoms with Gasteiger partial charge in [-0.25, -0.2) is 13.1 Å². The predicted octanol–water partition coefficient (Wildman–Crippen LogP) is 2.31. The number of rotatable bonds is 8. The zero-order chi connectivity index (χ0) is 18.3. The van der Waals surface area contributed by atoms with E-state index in [1.165, 1.54) is 23.1 Å². The van der Waals surface area contributed by atoms with Gasteiger partial charge in [0.15, 0.2) is 5.96 Å². The number of hydrogen-bond acceptors (Lipinski definition) is 3. The molecule has 6 nitrogen and oxygen atoms in total. The van der Waals surface area contributed by atoms with Crippen molar-refractivity contribution >= 4 is 40.0 Å². The molecule has 0 unspecified atom stereocenters. The summed E-state index contributed by atoms with van der Waals surface area (Å²) in [5, 5.41) is 6.29. The molecule has 0 aliphatic heterocycles. The van der Waals surface area contributed by atoms with E-state index in [1.807, 2.05) is 0 Å². The Morgan fingerprint density at radius 3 is 2.54 bits per heavy atom. The summed E-state index contributed by atoms with van der Waals surface area (Å²) in [4.78, 5) is 4.15. The van der Waals surface area contributed by atoms with Gasteiger partial charge in [-0.1, -0.05) is 30.2 Å². The van der Waals surface area contributed by atoms with Crippen molar-refractivity contribution in [3.8, 4) is 0 Å². The Kier molecular flexibility index (Phi) is 9.88. The SMILES string of the molecule is CN=C(NCCS(=O)(=O)NCC1CCC1)NCc1ccc(C)cc1C.I. The highest BCUT2D eigenvalue weighted by Crippen LogP contribution is 2.25. The van der Waals surface area contributed by atoms with Gasteiger partial charge in [0.2, 0.25) is 10.0 Å². The lowest BCUT2D eigenvalue weighted by molar-refractivity contribution is 0.316. The first-order chi connectivity index (χ1) is 11.9. The molecule has 1 aromatic carbocycles. The van der Waals surface area contributed by atoms with E-state index < -0.39 is 10.0 Å². The molecule has 1 aliphatic carbocycles. The summed E-state index contributed by atoms with van der Waals surface area (Å²) < 4.78 is 26.7. The van der Waals surface area contributed by atoms with Crippen molar-refractivity contribution < 1.29 is 8.42 Å². The van der Waals surface area contributed by atoms with Gasteiger partial charge in [0.1, 0.15) is 0 Å². The molecule has 1 saturated carbocycles. The number of guanidine groups is 1. The number of aliphatic imine (C=N–C) groups is 1. The van der Waals surface area contributed by atoms with Crippen LogP contribution in [0.4, 0.5) is 0 Å². The Morgan fingerprint density at radius 2 is 1.96 bits per heavy atom. The highest BCUT2D eigenvalue weighted by atomic mass is 127. The van der Waals surface area contributed by atoms with Crippen LogP contribution >= 0.6 is 24.0 Å². The fraction of sp³-hybridized carbons (Fsp3) is 0.611. The Bertz CT molecular complexity index is 703. The summed E-state index contributed by atoms with van der Waals surface area (Å²) in [6, 6.07) is 6.33. The van der Waals surface area contributed by atoms with Crippen LogP contribution in [0.3, 0.4) is 0 Å². The van der Waals surface area contributed by atoms with E-state index in [0.717, 1.165) is 12.8 Å². The largest absolute Gasteiger partial charge is 0.355 e. The van der Waals surface area contributed by atoms with Crippen molar-refractivity contribution in [3.05, 3.63) is 34.9 Å². The molecule has 0 saturated heterocycles. The van der Waals surface area contributed by atoms with Crippen molar-refractivity contribution in [1.82, 2.24) is 15.4 Å². The molecule has 0 atom stereocenters. The molecule has 0 bridgehead atoms. The second kappa shape index (κ2) is 11.1. The van der Waals surface area contributed by atoms with Crippen molar-refractivity contribution in [2.75, 3.05) is 25.9 Å². The number of sulfonamides is 1. The minimum absolute atomic E-state index is 0. The Balaban J connectivity index is 0.00000338. The molecule has 0 spiro atoms. The van der Waals surface area contributed by atoms with E-state index in [9.17, 15) is 8.42 Å². The Morgan fingerprint density at radius 1 is 1.23 bits per heavy atom. The summed E-state index contributed by atoms with van der Waals surface area (Å²) in [5.74, 6) is 1.17. The van der Waals surface area contributed by atoms with E-state index >= 15 is 0 Å². The van der Waals surface area contributed by atoms with E-state index in [-0.39, 0.29) is 29.7 Å². The molecule has 0 amide bonds. The second-order valence-corrected chi connectivity index (χ2v) is 8.67. The molecule has 0 heterocycles. The van der Waals surface area contributed by atoms with Crippen LogP contribution in [0.1, 0.15) is 36.0 Å². The first-order valence-corrected chi connectivity index (χ1v) is 10.5. The number of benzene rings is 1. The average Bonchev–Trinajstić information content (AvgIpc) is 2.50. The van der Waals surface area contributed by atoms with Crippen LogP contribution in [0.15, 0.2) is 23.2 Å². The minimum Gasteiger partial charge on any atom is -0.355 e. The van der Waals surface area contributed by atoms with Crippen LogP contribution in [-0.2, 0) is 16.6 Å². The van der Waals surface area contributed by atoms with Crippen LogP contribution in [-0.4, -0.2) is 40.3 Å². The highest BCUT2D eigenvalue weighted by Gasteiger charge is 2.20. The summed E-state index contributed by atoms with van der Waals surface area (Å²) in [5.41, 5.74) is 3.66. The van der Waals surface area contributed by atoms with Crippen molar-refractivity contribution in [2.45, 2.75) is 39.7 Å². The van der Waals surface area contributed by atoms with Gasteiger partial charge in [-0.2, -0.15) is 0 Å². The fourth-order valence-corrected chi connectivity index (χ4v) is 3.77. The van der Waals surface area contributed by atoms with Gasteiger partial charge >= 0.3 is 0 Å². The normalized spacial score (nSPS) is 15.1. The first kappa shape index (κ1) is 23.2. The van der Waals surface area contributed by atoms with E-state index in [1.54, 1.807) is 7.05 Å². The molecule has 1 aromatic rings. The van der Waals surface area contributed by atoms with E-state index in [2.05, 4.69) is 52.4 Å². The lowest BCUT2D eigenvalue weighted by atomic mass is 9.86. The standard InChI is InChI=1S/C18H30N4O2S.HI/c1-14-7-8-17(15(2)11-14)13-21-18(19-3)20-9-10-25(23,24)22-12-16-5-4-6-16;/h7-8,11,16,22H,4-6,9-10,12-13H2,1-3H3,(H2,19,20,21);1H. The fourth-order valence-electron chi connectivity index (χ4n) is 2.76. The summed E-state index contributed by atoms with van der Waals surface area (Å²) in [7, 11) is -1.55. The highest BCUT2D eigenvalue weighted by molar-refractivity contribution is 14.0. The van der Waals surface area contributed by atoms with E-state index in [4.69, 9.17) is 0 Å². The van der Waals surface area contributed by atoms with Gasteiger partial charge in [-0.15, -0.1) is 24.0 Å². The van der Waals surface area contributed by atoms with Crippen LogP contribution in [0, 0.1) is 19.8 Å². The van der Waals surface area contributed by atoms with Gasteiger partial charge in [0.25, 0.3) is 0 Å². The minimum atomic E-state index is -3.23. The predicted molar refractivity (Wildman–Crippen MR) is 119 cm³/mol. The topological polar surface area (TPSA) is 82.6 Å². The first-order valence-electron chi connectivity index (χ1n) is 8.87. The number of halogens is 1.